The Kier molecular flexibility index (Phi) is 3.17. The topological polar surface area (TPSA) is 54.3 Å². The largest absolute Gasteiger partial charge is 0.452 e. The molecule has 0 aliphatic carbocycles. The molecule has 1 aliphatic heterocycles. The van der Waals surface area contributed by atoms with Gasteiger partial charge in [0.25, 0.3) is 5.91 Å². The summed E-state index contributed by atoms with van der Waals surface area (Å²) in [5, 5.41) is 6.24. The van der Waals surface area contributed by atoms with Gasteiger partial charge in [-0.1, -0.05) is 6.07 Å². The third-order valence-electron chi connectivity index (χ3n) is 3.17. The van der Waals surface area contributed by atoms with Crippen molar-refractivity contribution < 1.29 is 9.21 Å². The van der Waals surface area contributed by atoms with Gasteiger partial charge in [-0.05, 0) is 48.2 Å². The number of rotatable bonds is 2. The molecule has 19 heavy (non-hydrogen) atoms. The smallest absolute Gasteiger partial charge is 0.260 e. The molecule has 1 aromatic carbocycles. The Bertz CT molecular complexity index is 622. The lowest BCUT2D eigenvalue weighted by Crippen LogP contribution is -2.14. The van der Waals surface area contributed by atoms with Crippen LogP contribution in [0.4, 0.5) is 11.4 Å². The van der Waals surface area contributed by atoms with E-state index in [1.807, 2.05) is 18.2 Å². The minimum absolute atomic E-state index is 0.105. The highest BCUT2D eigenvalue weighted by atomic mass is 35.5. The summed E-state index contributed by atoms with van der Waals surface area (Å²) >= 11 is 5.78. The standard InChI is InChI=1S/C14H13ClN2O2/c15-13-11(5-7-19-13)14(18)17-10-4-3-9-2-1-6-16-12(9)8-10/h3-5,7-8,16H,1-2,6H2,(H,17,18). The van der Waals surface area contributed by atoms with Crippen molar-refractivity contribution in [2.75, 3.05) is 17.2 Å². The SMILES string of the molecule is O=C(Nc1ccc2c(c1)NCCC2)c1ccoc1Cl. The first-order valence-corrected chi connectivity index (χ1v) is 6.53. The van der Waals surface area contributed by atoms with E-state index in [0.717, 1.165) is 30.8 Å². The zero-order chi connectivity index (χ0) is 13.2. The Morgan fingerprint density at radius 3 is 3.05 bits per heavy atom. The molecular weight excluding hydrogens is 264 g/mol. The number of nitrogens with one attached hydrogen (secondary N) is 2. The number of carbonyl (C=O) groups is 1. The van der Waals surface area contributed by atoms with Crippen molar-refractivity contribution in [2.24, 2.45) is 0 Å². The summed E-state index contributed by atoms with van der Waals surface area (Å²) < 4.78 is 4.91. The summed E-state index contributed by atoms with van der Waals surface area (Å²) in [6.45, 7) is 0.970. The molecule has 2 heterocycles. The van der Waals surface area contributed by atoms with Crippen LogP contribution in [0.2, 0.25) is 5.22 Å². The van der Waals surface area contributed by atoms with Gasteiger partial charge in [0, 0.05) is 17.9 Å². The molecular formula is C14H13ClN2O2. The van der Waals surface area contributed by atoms with Crippen LogP contribution in [0.1, 0.15) is 22.3 Å². The maximum absolute atomic E-state index is 12.0. The van der Waals surface area contributed by atoms with Crippen molar-refractivity contribution in [3.63, 3.8) is 0 Å². The van der Waals surface area contributed by atoms with E-state index in [2.05, 4.69) is 10.6 Å². The van der Waals surface area contributed by atoms with Crippen LogP contribution in [0.3, 0.4) is 0 Å². The lowest BCUT2D eigenvalue weighted by molar-refractivity contribution is 0.102. The molecule has 5 heteroatoms. The second-order valence-electron chi connectivity index (χ2n) is 4.46. The number of halogens is 1. The van der Waals surface area contributed by atoms with Crippen LogP contribution < -0.4 is 10.6 Å². The molecule has 4 nitrogen and oxygen atoms in total. The van der Waals surface area contributed by atoms with E-state index in [4.69, 9.17) is 16.0 Å². The number of benzene rings is 1. The van der Waals surface area contributed by atoms with Crippen LogP contribution in [-0.2, 0) is 6.42 Å². The van der Waals surface area contributed by atoms with Crippen molar-refractivity contribution >= 4 is 28.9 Å². The molecule has 2 aromatic rings. The van der Waals surface area contributed by atoms with Crippen LogP contribution >= 0.6 is 11.6 Å². The van der Waals surface area contributed by atoms with Gasteiger partial charge >= 0.3 is 0 Å². The van der Waals surface area contributed by atoms with Gasteiger partial charge in [0.15, 0.2) is 0 Å². The third kappa shape index (κ3) is 2.44. The normalized spacial score (nSPS) is 13.5. The predicted molar refractivity (Wildman–Crippen MR) is 74.9 cm³/mol. The van der Waals surface area contributed by atoms with Crippen LogP contribution in [0, 0.1) is 0 Å². The van der Waals surface area contributed by atoms with E-state index < -0.39 is 0 Å². The van der Waals surface area contributed by atoms with E-state index in [-0.39, 0.29) is 11.1 Å². The van der Waals surface area contributed by atoms with Gasteiger partial charge in [0.2, 0.25) is 5.22 Å². The number of hydrogen-bond donors (Lipinski definition) is 2. The quantitative estimate of drug-likeness (QED) is 0.882. The zero-order valence-corrected chi connectivity index (χ0v) is 11.0. The summed E-state index contributed by atoms with van der Waals surface area (Å²) in [4.78, 5) is 12.0. The molecule has 0 fully saturated rings. The number of aryl methyl sites for hydroxylation is 1. The first-order chi connectivity index (χ1) is 9.24. The summed E-state index contributed by atoms with van der Waals surface area (Å²) in [5.74, 6) is -0.269. The van der Waals surface area contributed by atoms with E-state index >= 15 is 0 Å². The molecule has 0 spiro atoms. The van der Waals surface area contributed by atoms with Crippen molar-refractivity contribution in [3.05, 3.63) is 46.9 Å². The molecule has 98 valence electrons. The molecule has 1 aliphatic rings. The minimum atomic E-state index is -0.269. The van der Waals surface area contributed by atoms with Crippen LogP contribution in [-0.4, -0.2) is 12.5 Å². The molecule has 0 bridgehead atoms. The number of anilines is 2. The number of carbonyl (C=O) groups excluding carboxylic acids is 1. The van der Waals surface area contributed by atoms with Gasteiger partial charge in [-0.15, -0.1) is 0 Å². The highest BCUT2D eigenvalue weighted by molar-refractivity contribution is 6.32. The summed E-state index contributed by atoms with van der Waals surface area (Å²) in [6, 6.07) is 7.43. The molecule has 0 unspecified atom stereocenters. The molecule has 0 saturated carbocycles. The van der Waals surface area contributed by atoms with Crippen molar-refractivity contribution in [1.29, 1.82) is 0 Å². The number of amides is 1. The lowest BCUT2D eigenvalue weighted by atomic mass is 10.0. The Morgan fingerprint density at radius 1 is 1.37 bits per heavy atom. The van der Waals surface area contributed by atoms with Crippen LogP contribution in [0.25, 0.3) is 0 Å². The van der Waals surface area contributed by atoms with Crippen LogP contribution in [0.5, 0.6) is 0 Å². The molecule has 0 atom stereocenters. The number of hydrogen-bond acceptors (Lipinski definition) is 3. The first kappa shape index (κ1) is 12.1. The van der Waals surface area contributed by atoms with Gasteiger partial charge in [0.1, 0.15) is 0 Å². The minimum Gasteiger partial charge on any atom is -0.452 e. The molecule has 3 rings (SSSR count). The predicted octanol–water partition coefficient (Wildman–Crippen LogP) is 3.54. The average molecular weight is 277 g/mol. The highest BCUT2D eigenvalue weighted by Crippen LogP contribution is 2.26. The van der Waals surface area contributed by atoms with Crippen LogP contribution in [0.15, 0.2) is 34.9 Å². The zero-order valence-electron chi connectivity index (χ0n) is 10.2. The third-order valence-corrected chi connectivity index (χ3v) is 3.46. The summed E-state index contributed by atoms with van der Waals surface area (Å²) in [5.41, 5.74) is 3.45. The van der Waals surface area contributed by atoms with E-state index in [0.29, 0.717) is 5.56 Å². The maximum Gasteiger partial charge on any atom is 0.260 e. The monoisotopic (exact) mass is 276 g/mol. The Labute approximate surface area is 115 Å². The number of furan rings is 1. The molecule has 1 amide bonds. The summed E-state index contributed by atoms with van der Waals surface area (Å²) in [6.07, 6.45) is 3.61. The van der Waals surface area contributed by atoms with Crippen molar-refractivity contribution in [3.8, 4) is 0 Å². The molecule has 0 saturated heterocycles. The average Bonchev–Trinajstić information content (AvgIpc) is 2.85. The van der Waals surface area contributed by atoms with Crippen molar-refractivity contribution in [2.45, 2.75) is 12.8 Å². The van der Waals surface area contributed by atoms with Crippen molar-refractivity contribution in [1.82, 2.24) is 0 Å². The second-order valence-corrected chi connectivity index (χ2v) is 4.81. The van der Waals surface area contributed by atoms with Gasteiger partial charge < -0.3 is 15.1 Å². The fourth-order valence-corrected chi connectivity index (χ4v) is 2.39. The number of fused-ring (bicyclic) bond motifs is 1. The van der Waals surface area contributed by atoms with E-state index in [9.17, 15) is 4.79 Å². The lowest BCUT2D eigenvalue weighted by Gasteiger charge is -2.18. The van der Waals surface area contributed by atoms with Gasteiger partial charge in [-0.25, -0.2) is 0 Å². The Hall–Kier alpha value is -1.94. The molecule has 2 N–H and O–H groups in total. The van der Waals surface area contributed by atoms with Gasteiger partial charge in [0.05, 0.1) is 11.8 Å². The van der Waals surface area contributed by atoms with Gasteiger partial charge in [-0.3, -0.25) is 4.79 Å². The fourth-order valence-electron chi connectivity index (χ4n) is 2.19. The fraction of sp³-hybridized carbons (Fsp3) is 0.214. The Balaban J connectivity index is 1.80. The van der Waals surface area contributed by atoms with Gasteiger partial charge in [-0.2, -0.15) is 0 Å². The molecule has 0 radical (unpaired) electrons. The molecule has 1 aromatic heterocycles. The highest BCUT2D eigenvalue weighted by Gasteiger charge is 2.14. The Morgan fingerprint density at radius 2 is 2.26 bits per heavy atom. The van der Waals surface area contributed by atoms with E-state index in [1.165, 1.54) is 11.8 Å². The second kappa shape index (κ2) is 4.97. The maximum atomic E-state index is 12.0. The first-order valence-electron chi connectivity index (χ1n) is 6.15. The van der Waals surface area contributed by atoms with E-state index in [1.54, 1.807) is 6.07 Å². The summed E-state index contributed by atoms with van der Waals surface area (Å²) in [7, 11) is 0.